The molecule has 28 heavy (non-hydrogen) atoms. The van der Waals surface area contributed by atoms with Crippen LogP contribution in [-0.4, -0.2) is 89.1 Å². The number of nitrogens with two attached hydrogens (primary N) is 1. The van der Waals surface area contributed by atoms with Gasteiger partial charge in [0.05, 0.1) is 4.86 Å². The molecule has 0 saturated carbocycles. The summed E-state index contributed by atoms with van der Waals surface area (Å²) in [5.41, 5.74) is 4.26. The van der Waals surface area contributed by atoms with Crippen LogP contribution in [0.2, 0.25) is 0 Å². The standard InChI is InChI=1S/C14H18N8O4S2/c1-6(20(2)3)22-10(17-18-19-22)9(27)7-4-28-13-14(15,16-5-23)12(26)21(13)8(7)11(24)25/h5-6,13H,4,15H2,1-3H3,(H,16,23)(H,24,25)/t6?,13-,14-/m0/s1. The number of nitrogens with zero attached hydrogens (tertiary/aromatic N) is 6. The predicted octanol–water partition coefficient (Wildman–Crippen LogP) is -1.87. The molecule has 3 heterocycles. The number of carboxylic acid groups (broad SMARTS) is 1. The van der Waals surface area contributed by atoms with Gasteiger partial charge in [-0.1, -0.05) is 12.2 Å². The normalized spacial score (nSPS) is 25.2. The van der Waals surface area contributed by atoms with Gasteiger partial charge in [-0.3, -0.25) is 25.1 Å². The summed E-state index contributed by atoms with van der Waals surface area (Å²) in [6.07, 6.45) is 0.0802. The molecule has 0 bridgehead atoms. The van der Waals surface area contributed by atoms with E-state index in [1.165, 1.54) is 16.4 Å². The number of nitrogens with one attached hydrogen (secondary N) is 1. The minimum absolute atomic E-state index is 0.132. The van der Waals surface area contributed by atoms with E-state index in [1.807, 2.05) is 25.9 Å². The number of hydrogen-bond acceptors (Lipinski definition) is 10. The summed E-state index contributed by atoms with van der Waals surface area (Å²) in [5, 5.41) is 22.8. The molecule has 1 unspecified atom stereocenters. The van der Waals surface area contributed by atoms with Gasteiger partial charge in [0.1, 0.15) is 17.2 Å². The number of β-lactam (4-membered cyclic amide) rings is 1. The Morgan fingerprint density at radius 1 is 1.57 bits per heavy atom. The average Bonchev–Trinajstić information content (AvgIpc) is 3.14. The molecule has 12 nitrogen and oxygen atoms in total. The van der Waals surface area contributed by atoms with Gasteiger partial charge in [0, 0.05) is 11.3 Å². The van der Waals surface area contributed by atoms with Crippen molar-refractivity contribution in [3.63, 3.8) is 0 Å². The lowest BCUT2D eigenvalue weighted by molar-refractivity contribution is -0.157. The van der Waals surface area contributed by atoms with Crippen LogP contribution in [0.15, 0.2) is 11.3 Å². The fraction of sp³-hybridized carbons (Fsp3) is 0.500. The average molecular weight is 426 g/mol. The molecule has 2 aliphatic heterocycles. The molecule has 2 aliphatic rings. The number of fused-ring (bicyclic) bond motifs is 1. The Bertz CT molecular complexity index is 900. The van der Waals surface area contributed by atoms with Crippen molar-refractivity contribution in [3.05, 3.63) is 17.1 Å². The number of rotatable bonds is 7. The molecule has 0 aliphatic carbocycles. The number of carbonyl (C=O) groups excluding carboxylic acids is 2. The lowest BCUT2D eigenvalue weighted by Gasteiger charge is -2.54. The van der Waals surface area contributed by atoms with Crippen LogP contribution in [0.3, 0.4) is 0 Å². The Morgan fingerprint density at radius 2 is 2.25 bits per heavy atom. The van der Waals surface area contributed by atoms with E-state index in [4.69, 9.17) is 18.0 Å². The molecule has 3 rings (SSSR count). The maximum absolute atomic E-state index is 12.5. The number of carboxylic acids is 1. The zero-order valence-corrected chi connectivity index (χ0v) is 16.8. The van der Waals surface area contributed by atoms with Crippen molar-refractivity contribution < 1.29 is 19.5 Å². The Morgan fingerprint density at radius 3 is 2.82 bits per heavy atom. The quantitative estimate of drug-likeness (QED) is 0.147. The smallest absolute Gasteiger partial charge is 0.353 e. The van der Waals surface area contributed by atoms with Crippen LogP contribution in [0.5, 0.6) is 0 Å². The van der Waals surface area contributed by atoms with E-state index in [1.54, 1.807) is 0 Å². The topological polar surface area (TPSA) is 160 Å². The van der Waals surface area contributed by atoms with Crippen molar-refractivity contribution in [3.8, 4) is 0 Å². The molecule has 0 spiro atoms. The molecular weight excluding hydrogens is 408 g/mol. The summed E-state index contributed by atoms with van der Waals surface area (Å²) < 4.78 is 1.48. The molecule has 3 atom stereocenters. The lowest BCUT2D eigenvalue weighted by atomic mass is 9.95. The molecule has 0 aromatic carbocycles. The number of carbonyl (C=O) groups is 3. The van der Waals surface area contributed by atoms with Crippen molar-refractivity contribution in [2.75, 3.05) is 19.8 Å². The highest BCUT2D eigenvalue weighted by molar-refractivity contribution is 8.00. The minimum atomic E-state index is -1.65. The van der Waals surface area contributed by atoms with E-state index >= 15 is 0 Å². The van der Waals surface area contributed by atoms with Gasteiger partial charge in [-0.2, -0.15) is 0 Å². The van der Waals surface area contributed by atoms with Crippen LogP contribution < -0.4 is 11.1 Å². The maximum Gasteiger partial charge on any atom is 0.353 e. The first-order valence-corrected chi connectivity index (χ1v) is 9.51. The Labute approximate surface area is 169 Å². The Hall–Kier alpha value is -2.42. The van der Waals surface area contributed by atoms with Gasteiger partial charge in [-0.15, -0.1) is 16.9 Å². The monoisotopic (exact) mass is 426 g/mol. The molecule has 1 fully saturated rings. The van der Waals surface area contributed by atoms with E-state index in [9.17, 15) is 19.5 Å². The summed E-state index contributed by atoms with van der Waals surface area (Å²) in [5.74, 6) is -1.67. The number of tetrazole rings is 1. The predicted molar refractivity (Wildman–Crippen MR) is 102 cm³/mol. The van der Waals surface area contributed by atoms with Crippen LogP contribution in [0.25, 0.3) is 0 Å². The first-order chi connectivity index (χ1) is 13.1. The second-order valence-corrected chi connectivity index (χ2v) is 7.95. The third-order valence-corrected chi connectivity index (χ3v) is 6.46. The van der Waals surface area contributed by atoms with Crippen LogP contribution >= 0.6 is 24.0 Å². The van der Waals surface area contributed by atoms with Crippen LogP contribution in [0.1, 0.15) is 18.9 Å². The fourth-order valence-electron chi connectivity index (χ4n) is 2.93. The molecule has 14 heteroatoms. The third kappa shape index (κ3) is 2.88. The van der Waals surface area contributed by atoms with Crippen molar-refractivity contribution in [1.82, 2.24) is 35.3 Å². The third-order valence-electron chi connectivity index (χ3n) is 4.68. The van der Waals surface area contributed by atoms with Gasteiger partial charge in [-0.05, 0) is 31.4 Å². The summed E-state index contributed by atoms with van der Waals surface area (Å²) >= 11 is 6.69. The first-order valence-electron chi connectivity index (χ1n) is 8.06. The van der Waals surface area contributed by atoms with Gasteiger partial charge >= 0.3 is 5.97 Å². The zero-order valence-electron chi connectivity index (χ0n) is 15.2. The summed E-state index contributed by atoms with van der Waals surface area (Å²) in [6.45, 7) is 1.85. The molecule has 1 aromatic heterocycles. The van der Waals surface area contributed by atoms with E-state index in [0.29, 0.717) is 6.41 Å². The van der Waals surface area contributed by atoms with E-state index < -0.39 is 22.9 Å². The number of aromatic nitrogens is 4. The van der Waals surface area contributed by atoms with E-state index in [2.05, 4.69) is 20.8 Å². The van der Waals surface area contributed by atoms with E-state index in [-0.39, 0.29) is 33.9 Å². The van der Waals surface area contributed by atoms with Crippen molar-refractivity contribution in [2.24, 2.45) is 5.73 Å². The number of aliphatic carboxylic acids is 1. The summed E-state index contributed by atoms with van der Waals surface area (Å²) in [6, 6.07) is 0. The van der Waals surface area contributed by atoms with Gasteiger partial charge < -0.3 is 10.4 Å². The highest BCUT2D eigenvalue weighted by atomic mass is 32.2. The molecule has 150 valence electrons. The van der Waals surface area contributed by atoms with Gasteiger partial charge in [0.25, 0.3) is 5.91 Å². The van der Waals surface area contributed by atoms with Crippen LogP contribution in [-0.2, 0) is 14.4 Å². The van der Waals surface area contributed by atoms with Crippen molar-refractivity contribution in [2.45, 2.75) is 24.1 Å². The Kier molecular flexibility index (Phi) is 5.22. The summed E-state index contributed by atoms with van der Waals surface area (Å²) in [7, 11) is 3.67. The number of thiocarbonyl (C=S) groups is 1. The van der Waals surface area contributed by atoms with Gasteiger partial charge in [-0.25, -0.2) is 9.48 Å². The highest BCUT2D eigenvalue weighted by Gasteiger charge is 2.63. The SMILES string of the molecule is CC(N(C)C)n1nnnc1C(=S)C1=C(C(=O)O)N2C(=O)[C@](N)(NC=O)[C@@H]2SC1. The largest absolute Gasteiger partial charge is 0.477 e. The highest BCUT2D eigenvalue weighted by Crippen LogP contribution is 2.44. The summed E-state index contributed by atoms with van der Waals surface area (Å²) in [4.78, 5) is 38.3. The number of hydrogen-bond donors (Lipinski definition) is 3. The molecule has 4 N–H and O–H groups in total. The van der Waals surface area contributed by atoms with Gasteiger partial charge in [0.2, 0.25) is 12.1 Å². The number of amides is 2. The maximum atomic E-state index is 12.5. The van der Waals surface area contributed by atoms with Crippen LogP contribution in [0, 0.1) is 0 Å². The van der Waals surface area contributed by atoms with Crippen molar-refractivity contribution in [1.29, 1.82) is 0 Å². The van der Waals surface area contributed by atoms with Gasteiger partial charge in [0.15, 0.2) is 5.82 Å². The Balaban J connectivity index is 2.03. The fourth-order valence-corrected chi connectivity index (χ4v) is 4.72. The van der Waals surface area contributed by atoms with E-state index in [0.717, 1.165) is 4.90 Å². The van der Waals surface area contributed by atoms with Crippen LogP contribution in [0.4, 0.5) is 0 Å². The second kappa shape index (κ2) is 7.20. The molecular formula is C14H18N8O4S2. The minimum Gasteiger partial charge on any atom is -0.477 e. The molecule has 0 radical (unpaired) electrons. The first kappa shape index (κ1) is 20.3. The second-order valence-electron chi connectivity index (χ2n) is 6.47. The lowest BCUT2D eigenvalue weighted by Crippen LogP contribution is -2.83. The zero-order chi connectivity index (χ0) is 20.8. The molecule has 1 saturated heterocycles. The number of thioether (sulfide) groups is 1. The molecule has 2 amide bonds. The molecule has 1 aromatic rings. The van der Waals surface area contributed by atoms with Crippen molar-refractivity contribution >= 4 is 47.1 Å².